The van der Waals surface area contributed by atoms with Gasteiger partial charge in [-0.1, -0.05) is 29.8 Å². The number of rotatable bonds is 9. The minimum atomic E-state index is -4.90. The van der Waals surface area contributed by atoms with Crippen LogP contribution in [-0.4, -0.2) is 71.8 Å². The molecule has 0 fully saturated rings. The standard InChI is InChI=1S/C26H23ClF3N7O3S/c27-17-9-7-16(8-10-17)23-34-36(25(40)35(23)13-21(38)26(28,29)30)14-22-32-15-37(33-22)20-6-2-1-5-19(20)24(39)31-12-18-4-3-11-41-18/h1-11,15,21,25,38,40H,12-14H2,(H,31,39)/t21-,25?/m0/s1. The van der Waals surface area contributed by atoms with Gasteiger partial charge in [0.25, 0.3) is 5.91 Å². The summed E-state index contributed by atoms with van der Waals surface area (Å²) in [5.74, 6) is -0.128. The summed E-state index contributed by atoms with van der Waals surface area (Å²) in [6, 6.07) is 16.8. The van der Waals surface area contributed by atoms with Crippen LogP contribution in [0.15, 0.2) is 77.5 Å². The highest BCUT2D eigenvalue weighted by atomic mass is 35.5. The van der Waals surface area contributed by atoms with Crippen molar-refractivity contribution in [3.05, 3.63) is 99.2 Å². The maximum absolute atomic E-state index is 13.1. The van der Waals surface area contributed by atoms with Crippen LogP contribution in [0.2, 0.25) is 5.02 Å². The zero-order valence-electron chi connectivity index (χ0n) is 21.1. The number of hydrazone groups is 1. The fraction of sp³-hybridized carbons (Fsp3) is 0.231. The number of thiophene rings is 1. The molecule has 1 unspecified atom stereocenters. The number of aliphatic hydroxyl groups excluding tert-OH is 2. The number of halogens is 4. The highest BCUT2D eigenvalue weighted by molar-refractivity contribution is 7.09. The number of benzene rings is 2. The van der Waals surface area contributed by atoms with Crippen LogP contribution in [0.25, 0.3) is 5.69 Å². The lowest BCUT2D eigenvalue weighted by atomic mass is 10.1. The second-order valence-corrected chi connectivity index (χ2v) is 10.4. The predicted molar refractivity (Wildman–Crippen MR) is 145 cm³/mol. The zero-order valence-corrected chi connectivity index (χ0v) is 22.7. The lowest BCUT2D eigenvalue weighted by Crippen LogP contribution is -2.49. The van der Waals surface area contributed by atoms with Gasteiger partial charge in [-0.2, -0.15) is 18.3 Å². The molecule has 41 heavy (non-hydrogen) atoms. The molecular formula is C26H23ClF3N7O3S. The van der Waals surface area contributed by atoms with Crippen molar-refractivity contribution in [2.24, 2.45) is 5.10 Å². The molecule has 1 amide bonds. The van der Waals surface area contributed by atoms with E-state index >= 15 is 0 Å². The number of amidine groups is 1. The summed E-state index contributed by atoms with van der Waals surface area (Å²) in [4.78, 5) is 19.1. The Morgan fingerprint density at radius 3 is 2.59 bits per heavy atom. The number of aliphatic hydroxyl groups is 2. The Morgan fingerprint density at radius 1 is 1.12 bits per heavy atom. The van der Waals surface area contributed by atoms with E-state index in [1.807, 2.05) is 17.5 Å². The van der Waals surface area contributed by atoms with E-state index in [-0.39, 0.29) is 24.1 Å². The van der Waals surface area contributed by atoms with Gasteiger partial charge in [0, 0.05) is 15.5 Å². The number of carbonyl (C=O) groups is 1. The van der Waals surface area contributed by atoms with Crippen molar-refractivity contribution < 1.29 is 28.2 Å². The van der Waals surface area contributed by atoms with Crippen LogP contribution in [0.5, 0.6) is 0 Å². The first kappa shape index (κ1) is 28.5. The van der Waals surface area contributed by atoms with Crippen molar-refractivity contribution >= 4 is 34.7 Å². The number of β-amino-alcohol motifs (C(OH)–C–C–N with tert-alkyl or cyclic N) is 1. The third kappa shape index (κ3) is 6.51. The van der Waals surface area contributed by atoms with Gasteiger partial charge in [0.1, 0.15) is 12.9 Å². The zero-order chi connectivity index (χ0) is 29.1. The van der Waals surface area contributed by atoms with E-state index in [0.29, 0.717) is 28.4 Å². The number of alkyl halides is 3. The fourth-order valence-corrected chi connectivity index (χ4v) is 4.85. The molecule has 4 aromatic rings. The van der Waals surface area contributed by atoms with Gasteiger partial charge in [-0.15, -0.1) is 16.4 Å². The number of aromatic nitrogens is 3. The molecule has 1 aliphatic rings. The molecule has 0 bridgehead atoms. The summed E-state index contributed by atoms with van der Waals surface area (Å²) < 4.78 is 40.8. The van der Waals surface area contributed by atoms with E-state index in [4.69, 9.17) is 11.6 Å². The first-order valence-electron chi connectivity index (χ1n) is 12.2. The lowest BCUT2D eigenvalue weighted by Gasteiger charge is -2.29. The van der Waals surface area contributed by atoms with Crippen LogP contribution in [-0.2, 0) is 13.1 Å². The fourth-order valence-electron chi connectivity index (χ4n) is 4.08. The van der Waals surface area contributed by atoms with Gasteiger partial charge in [-0.25, -0.2) is 14.7 Å². The molecule has 2 aromatic heterocycles. The van der Waals surface area contributed by atoms with E-state index in [0.717, 1.165) is 14.8 Å². The van der Waals surface area contributed by atoms with Gasteiger partial charge >= 0.3 is 6.18 Å². The summed E-state index contributed by atoms with van der Waals surface area (Å²) in [6.45, 7) is -0.775. The Bertz CT molecular complexity index is 1530. The van der Waals surface area contributed by atoms with Gasteiger partial charge in [-0.05, 0) is 47.8 Å². The molecule has 3 N–H and O–H groups in total. The van der Waals surface area contributed by atoms with Crippen molar-refractivity contribution in [2.75, 3.05) is 6.54 Å². The molecule has 2 aromatic carbocycles. The smallest absolute Gasteiger partial charge is 0.382 e. The third-order valence-electron chi connectivity index (χ3n) is 6.13. The van der Waals surface area contributed by atoms with Gasteiger partial charge in [0.2, 0.25) is 6.35 Å². The van der Waals surface area contributed by atoms with E-state index in [1.54, 1.807) is 24.3 Å². The number of hydrogen-bond acceptors (Lipinski definition) is 9. The molecule has 0 spiro atoms. The van der Waals surface area contributed by atoms with Crippen molar-refractivity contribution in [2.45, 2.75) is 31.7 Å². The molecule has 1 aliphatic heterocycles. The van der Waals surface area contributed by atoms with Crippen molar-refractivity contribution in [1.29, 1.82) is 0 Å². The maximum Gasteiger partial charge on any atom is 0.416 e. The Morgan fingerprint density at radius 2 is 1.88 bits per heavy atom. The summed E-state index contributed by atoms with van der Waals surface area (Å²) in [7, 11) is 0. The van der Waals surface area contributed by atoms with E-state index in [1.165, 1.54) is 46.6 Å². The van der Waals surface area contributed by atoms with Crippen LogP contribution in [0, 0.1) is 0 Å². The molecular weight excluding hydrogens is 583 g/mol. The van der Waals surface area contributed by atoms with E-state index < -0.39 is 25.2 Å². The first-order chi connectivity index (χ1) is 19.6. The number of nitrogens with one attached hydrogen (secondary N) is 1. The molecule has 214 valence electrons. The average molecular weight is 606 g/mol. The van der Waals surface area contributed by atoms with Crippen molar-refractivity contribution in [3.8, 4) is 5.69 Å². The SMILES string of the molecule is O=C(NCc1cccs1)c1ccccc1-n1cnc(CN2N=C(c3ccc(Cl)cc3)N(C[C@H](O)C(F)(F)F)C2O)n1. The quantitative estimate of drug-likeness (QED) is 0.267. The number of nitrogens with zero attached hydrogens (tertiary/aromatic N) is 6. The lowest BCUT2D eigenvalue weighted by molar-refractivity contribution is -0.212. The van der Waals surface area contributed by atoms with E-state index in [9.17, 15) is 28.2 Å². The summed E-state index contributed by atoms with van der Waals surface area (Å²) in [5, 5.41) is 35.6. The molecule has 15 heteroatoms. The number of hydrogen-bond donors (Lipinski definition) is 3. The minimum absolute atomic E-state index is 0.00431. The Hall–Kier alpha value is -3.98. The van der Waals surface area contributed by atoms with Crippen LogP contribution < -0.4 is 5.32 Å². The molecule has 0 radical (unpaired) electrons. The second-order valence-electron chi connectivity index (χ2n) is 8.97. The van der Waals surface area contributed by atoms with Gasteiger partial charge in [0.05, 0.1) is 24.3 Å². The van der Waals surface area contributed by atoms with Crippen LogP contribution in [0.4, 0.5) is 13.2 Å². The van der Waals surface area contributed by atoms with E-state index in [2.05, 4.69) is 20.5 Å². The van der Waals surface area contributed by atoms with Gasteiger partial charge in [0.15, 0.2) is 17.8 Å². The Kier molecular flexibility index (Phi) is 8.26. The number of para-hydroxylation sites is 1. The minimum Gasteiger partial charge on any atom is -0.382 e. The molecule has 10 nitrogen and oxygen atoms in total. The van der Waals surface area contributed by atoms with Crippen LogP contribution in [0.1, 0.15) is 26.6 Å². The molecule has 0 saturated carbocycles. The number of carbonyl (C=O) groups excluding carboxylic acids is 1. The summed E-state index contributed by atoms with van der Waals surface area (Å²) in [5.41, 5.74) is 1.19. The Labute approximate surface area is 240 Å². The monoisotopic (exact) mass is 605 g/mol. The van der Waals surface area contributed by atoms with Crippen molar-refractivity contribution in [1.82, 2.24) is 30.0 Å². The highest BCUT2D eigenvalue weighted by Gasteiger charge is 2.43. The maximum atomic E-state index is 13.1. The van der Waals surface area contributed by atoms with Crippen LogP contribution >= 0.6 is 22.9 Å². The van der Waals surface area contributed by atoms with Gasteiger partial charge in [-0.3, -0.25) is 4.79 Å². The normalized spacial score (nSPS) is 16.1. The molecule has 2 atom stereocenters. The third-order valence-corrected chi connectivity index (χ3v) is 7.26. The van der Waals surface area contributed by atoms with Crippen molar-refractivity contribution in [3.63, 3.8) is 0 Å². The summed E-state index contributed by atoms with van der Waals surface area (Å²) in [6.07, 6.45) is -7.89. The molecule has 5 rings (SSSR count). The molecule has 0 aliphatic carbocycles. The predicted octanol–water partition coefficient (Wildman–Crippen LogP) is 3.59. The second kappa shape index (κ2) is 11.9. The first-order valence-corrected chi connectivity index (χ1v) is 13.5. The largest absolute Gasteiger partial charge is 0.416 e. The van der Waals surface area contributed by atoms with Crippen LogP contribution in [0.3, 0.4) is 0 Å². The topological polar surface area (TPSA) is 119 Å². The molecule has 3 heterocycles. The Balaban J connectivity index is 1.36. The average Bonchev–Trinajstić information content (AvgIpc) is 3.70. The number of amides is 1. The molecule has 0 saturated heterocycles. The highest BCUT2D eigenvalue weighted by Crippen LogP contribution is 2.27. The van der Waals surface area contributed by atoms with Gasteiger partial charge < -0.3 is 20.4 Å². The summed E-state index contributed by atoms with van der Waals surface area (Å²) >= 11 is 7.47.